The van der Waals surface area contributed by atoms with Crippen LogP contribution in [-0.2, 0) is 0 Å². The molecular formula is C10H15N3O. The Morgan fingerprint density at radius 2 is 2.21 bits per heavy atom. The number of hydrogen-bond donors (Lipinski definition) is 3. The summed E-state index contributed by atoms with van der Waals surface area (Å²) >= 11 is 0. The average molecular weight is 193 g/mol. The van der Waals surface area contributed by atoms with Crippen LogP contribution >= 0.6 is 0 Å². The van der Waals surface area contributed by atoms with Crippen LogP contribution in [-0.4, -0.2) is 11.2 Å². The van der Waals surface area contributed by atoms with Crippen LogP contribution in [0.4, 0.5) is 5.69 Å². The van der Waals surface area contributed by atoms with Crippen molar-refractivity contribution in [2.75, 3.05) is 0 Å². The number of nitrogens with one attached hydrogen (secondary N) is 1. The van der Waals surface area contributed by atoms with Crippen LogP contribution in [0.25, 0.3) is 0 Å². The van der Waals surface area contributed by atoms with Crippen LogP contribution in [0.1, 0.15) is 25.3 Å². The third kappa shape index (κ3) is 2.74. The Bertz CT molecular complexity index is 334. The summed E-state index contributed by atoms with van der Waals surface area (Å²) in [5.74, 6) is 0.444. The van der Waals surface area contributed by atoms with Crippen molar-refractivity contribution < 1.29 is 5.21 Å². The average Bonchev–Trinajstić information content (AvgIpc) is 2.18. The van der Waals surface area contributed by atoms with Crippen LogP contribution in [0.5, 0.6) is 0 Å². The molecule has 0 aliphatic rings. The standard InChI is InChI=1S/C10H15N3O/c1-7(2)8-4-3-5-9(6-8)12-10(11)13-14/h3-7,14H,1-2H3,(H3,11,12,13). The van der Waals surface area contributed by atoms with E-state index in [-0.39, 0.29) is 5.96 Å². The van der Waals surface area contributed by atoms with Crippen LogP contribution in [0.3, 0.4) is 0 Å². The molecule has 0 saturated carbocycles. The fourth-order valence-electron chi connectivity index (χ4n) is 1.12. The summed E-state index contributed by atoms with van der Waals surface area (Å²) in [5, 5.41) is 8.47. The lowest BCUT2D eigenvalue weighted by Gasteiger charge is -2.05. The molecule has 0 heterocycles. The van der Waals surface area contributed by atoms with Gasteiger partial charge in [-0.2, -0.15) is 0 Å². The monoisotopic (exact) mass is 193 g/mol. The zero-order chi connectivity index (χ0) is 10.6. The summed E-state index contributed by atoms with van der Waals surface area (Å²) in [4.78, 5) is 3.95. The Morgan fingerprint density at radius 1 is 1.50 bits per heavy atom. The molecule has 0 aliphatic carbocycles. The first-order valence-electron chi connectivity index (χ1n) is 4.47. The molecule has 0 aromatic heterocycles. The van der Waals surface area contributed by atoms with Crippen molar-refractivity contribution in [3.8, 4) is 0 Å². The molecule has 1 aromatic rings. The number of rotatable bonds is 2. The van der Waals surface area contributed by atoms with Gasteiger partial charge in [0.25, 0.3) is 0 Å². The highest BCUT2D eigenvalue weighted by Gasteiger charge is 1.99. The molecule has 0 radical (unpaired) electrons. The zero-order valence-electron chi connectivity index (χ0n) is 8.36. The Kier molecular flexibility index (Phi) is 3.48. The molecule has 0 unspecified atom stereocenters. The Balaban J connectivity index is 2.94. The molecule has 4 heteroatoms. The molecule has 0 atom stereocenters. The summed E-state index contributed by atoms with van der Waals surface area (Å²) in [5.41, 5.74) is 9.03. The predicted molar refractivity (Wildman–Crippen MR) is 56.7 cm³/mol. The van der Waals surface area contributed by atoms with Gasteiger partial charge >= 0.3 is 0 Å². The zero-order valence-corrected chi connectivity index (χ0v) is 8.36. The van der Waals surface area contributed by atoms with E-state index in [2.05, 4.69) is 18.8 Å². The van der Waals surface area contributed by atoms with Crippen molar-refractivity contribution in [2.45, 2.75) is 19.8 Å². The molecular weight excluding hydrogens is 178 g/mol. The minimum Gasteiger partial charge on any atom is -0.368 e. The van der Waals surface area contributed by atoms with Gasteiger partial charge in [0.05, 0.1) is 5.69 Å². The van der Waals surface area contributed by atoms with Crippen molar-refractivity contribution >= 4 is 11.6 Å². The first-order valence-corrected chi connectivity index (χ1v) is 4.47. The van der Waals surface area contributed by atoms with Crippen molar-refractivity contribution in [1.82, 2.24) is 5.48 Å². The molecule has 1 rings (SSSR count). The van der Waals surface area contributed by atoms with E-state index in [1.807, 2.05) is 24.3 Å². The van der Waals surface area contributed by atoms with E-state index in [1.54, 1.807) is 5.48 Å². The number of hydrogen-bond acceptors (Lipinski definition) is 2. The van der Waals surface area contributed by atoms with Gasteiger partial charge in [-0.3, -0.25) is 5.21 Å². The fraction of sp³-hybridized carbons (Fsp3) is 0.300. The van der Waals surface area contributed by atoms with E-state index < -0.39 is 0 Å². The topological polar surface area (TPSA) is 70.6 Å². The van der Waals surface area contributed by atoms with Crippen LogP contribution in [0, 0.1) is 0 Å². The number of hydroxylamine groups is 1. The lowest BCUT2D eigenvalue weighted by atomic mass is 10.0. The van der Waals surface area contributed by atoms with Crippen LogP contribution in [0.15, 0.2) is 29.3 Å². The summed E-state index contributed by atoms with van der Waals surface area (Å²) < 4.78 is 0. The van der Waals surface area contributed by atoms with Gasteiger partial charge in [0.1, 0.15) is 0 Å². The molecule has 14 heavy (non-hydrogen) atoms. The number of benzene rings is 1. The van der Waals surface area contributed by atoms with E-state index >= 15 is 0 Å². The van der Waals surface area contributed by atoms with Gasteiger partial charge in [-0.15, -0.1) is 0 Å². The maximum atomic E-state index is 8.47. The normalized spacial score (nSPS) is 11.9. The van der Waals surface area contributed by atoms with Crippen molar-refractivity contribution in [2.24, 2.45) is 10.7 Å². The number of guanidine groups is 1. The first kappa shape index (κ1) is 10.5. The Morgan fingerprint density at radius 3 is 2.79 bits per heavy atom. The highest BCUT2D eigenvalue weighted by atomic mass is 16.5. The van der Waals surface area contributed by atoms with Gasteiger partial charge in [-0.1, -0.05) is 26.0 Å². The second kappa shape index (κ2) is 4.62. The van der Waals surface area contributed by atoms with Gasteiger partial charge in [0.15, 0.2) is 0 Å². The lowest BCUT2D eigenvalue weighted by Crippen LogP contribution is -2.27. The molecule has 1 aromatic carbocycles. The van der Waals surface area contributed by atoms with E-state index in [9.17, 15) is 0 Å². The molecule has 0 bridgehead atoms. The Labute approximate surface area is 83.4 Å². The third-order valence-electron chi connectivity index (χ3n) is 1.90. The highest BCUT2D eigenvalue weighted by Crippen LogP contribution is 2.20. The van der Waals surface area contributed by atoms with Gasteiger partial charge in [0.2, 0.25) is 5.96 Å². The van der Waals surface area contributed by atoms with Gasteiger partial charge in [-0.05, 0) is 23.6 Å². The predicted octanol–water partition coefficient (Wildman–Crippen LogP) is 1.73. The van der Waals surface area contributed by atoms with Crippen molar-refractivity contribution in [3.63, 3.8) is 0 Å². The van der Waals surface area contributed by atoms with Gasteiger partial charge < -0.3 is 5.73 Å². The van der Waals surface area contributed by atoms with Crippen LogP contribution in [0.2, 0.25) is 0 Å². The van der Waals surface area contributed by atoms with Gasteiger partial charge in [0, 0.05) is 0 Å². The van der Waals surface area contributed by atoms with Crippen molar-refractivity contribution in [3.05, 3.63) is 29.8 Å². The number of aliphatic imine (C=N–C) groups is 1. The molecule has 0 aliphatic heterocycles. The summed E-state index contributed by atoms with van der Waals surface area (Å²) in [6, 6.07) is 7.72. The Hall–Kier alpha value is -1.55. The fourth-order valence-corrected chi connectivity index (χ4v) is 1.12. The second-order valence-corrected chi connectivity index (χ2v) is 3.36. The lowest BCUT2D eigenvalue weighted by molar-refractivity contribution is 0.233. The largest absolute Gasteiger partial charge is 0.368 e. The first-order chi connectivity index (χ1) is 6.63. The third-order valence-corrected chi connectivity index (χ3v) is 1.90. The summed E-state index contributed by atoms with van der Waals surface area (Å²) in [7, 11) is 0. The van der Waals surface area contributed by atoms with Crippen molar-refractivity contribution in [1.29, 1.82) is 0 Å². The molecule has 4 nitrogen and oxygen atoms in total. The molecule has 0 fully saturated rings. The second-order valence-electron chi connectivity index (χ2n) is 3.36. The molecule has 0 saturated heterocycles. The quantitative estimate of drug-likeness (QED) is 0.380. The molecule has 0 amide bonds. The summed E-state index contributed by atoms with van der Waals surface area (Å²) in [6.07, 6.45) is 0. The maximum absolute atomic E-state index is 8.47. The van der Waals surface area contributed by atoms with E-state index in [1.165, 1.54) is 5.56 Å². The number of nitrogens with zero attached hydrogens (tertiary/aromatic N) is 1. The smallest absolute Gasteiger partial charge is 0.218 e. The molecule has 4 N–H and O–H groups in total. The van der Waals surface area contributed by atoms with E-state index in [0.29, 0.717) is 5.92 Å². The minimum absolute atomic E-state index is 0.00842. The molecule has 0 spiro atoms. The molecule has 76 valence electrons. The maximum Gasteiger partial charge on any atom is 0.218 e. The number of nitrogens with two attached hydrogens (primary N) is 1. The van der Waals surface area contributed by atoms with Gasteiger partial charge in [-0.25, -0.2) is 10.5 Å². The summed E-state index contributed by atoms with van der Waals surface area (Å²) in [6.45, 7) is 4.22. The van der Waals surface area contributed by atoms with E-state index in [4.69, 9.17) is 10.9 Å². The minimum atomic E-state index is -0.00842. The highest BCUT2D eigenvalue weighted by molar-refractivity contribution is 5.79. The van der Waals surface area contributed by atoms with Crippen LogP contribution < -0.4 is 11.2 Å². The van der Waals surface area contributed by atoms with E-state index in [0.717, 1.165) is 5.69 Å². The SMILES string of the molecule is CC(C)c1cccc(N=C(N)NO)c1.